The molecule has 1 aromatic heterocycles. The van der Waals surface area contributed by atoms with Gasteiger partial charge in [-0.2, -0.15) is 0 Å². The molecule has 0 fully saturated rings. The molecule has 0 aliphatic heterocycles. The quantitative estimate of drug-likeness (QED) is 0.691. The molecule has 8 heteroatoms. The molecule has 1 amide bonds. The second-order valence-corrected chi connectivity index (χ2v) is 5.46. The van der Waals surface area contributed by atoms with Crippen LogP contribution in [0.1, 0.15) is 10.4 Å². The summed E-state index contributed by atoms with van der Waals surface area (Å²) >= 11 is 0. The Morgan fingerprint density at radius 2 is 1.74 bits per heavy atom. The van der Waals surface area contributed by atoms with Crippen molar-refractivity contribution in [2.24, 2.45) is 0 Å². The standard InChI is InChI=1S/C19H17FN4O3/c1-26-14-6-7-16(27-2)15(11-14)21-17-8-9-18(24-23-17)22-19(25)12-4-3-5-13(20)10-12/h3-11H,1-2H3,(H,21,23)(H,22,24,25). The smallest absolute Gasteiger partial charge is 0.256 e. The van der Waals surface area contributed by atoms with E-state index in [1.54, 1.807) is 44.6 Å². The second kappa shape index (κ2) is 8.13. The molecule has 1 heterocycles. The highest BCUT2D eigenvalue weighted by Crippen LogP contribution is 2.30. The fourth-order valence-electron chi connectivity index (χ4n) is 2.33. The first-order valence-corrected chi connectivity index (χ1v) is 7.99. The first-order valence-electron chi connectivity index (χ1n) is 7.99. The molecule has 138 valence electrons. The Morgan fingerprint density at radius 3 is 2.41 bits per heavy atom. The molecular formula is C19H17FN4O3. The molecule has 0 atom stereocenters. The van der Waals surface area contributed by atoms with Gasteiger partial charge in [-0.15, -0.1) is 10.2 Å². The summed E-state index contributed by atoms with van der Waals surface area (Å²) in [7, 11) is 3.13. The molecule has 27 heavy (non-hydrogen) atoms. The number of hydrogen-bond acceptors (Lipinski definition) is 6. The van der Waals surface area contributed by atoms with Gasteiger partial charge in [0.2, 0.25) is 0 Å². The maximum atomic E-state index is 13.2. The third-order valence-electron chi connectivity index (χ3n) is 3.66. The number of amides is 1. The van der Waals surface area contributed by atoms with Crippen LogP contribution in [0.5, 0.6) is 11.5 Å². The number of ether oxygens (including phenoxy) is 2. The SMILES string of the molecule is COc1ccc(OC)c(Nc2ccc(NC(=O)c3cccc(F)c3)nn2)c1. The molecule has 2 N–H and O–H groups in total. The molecule has 0 aliphatic rings. The lowest BCUT2D eigenvalue weighted by molar-refractivity contribution is 0.102. The van der Waals surface area contributed by atoms with Crippen LogP contribution in [0.3, 0.4) is 0 Å². The van der Waals surface area contributed by atoms with Crippen LogP contribution >= 0.6 is 0 Å². The van der Waals surface area contributed by atoms with Gasteiger partial charge in [0, 0.05) is 11.6 Å². The van der Waals surface area contributed by atoms with E-state index in [9.17, 15) is 9.18 Å². The van der Waals surface area contributed by atoms with Crippen LogP contribution in [0.2, 0.25) is 0 Å². The maximum absolute atomic E-state index is 13.2. The topological polar surface area (TPSA) is 85.4 Å². The van der Waals surface area contributed by atoms with Crippen LogP contribution in [0.25, 0.3) is 0 Å². The highest BCUT2D eigenvalue weighted by molar-refractivity contribution is 6.03. The van der Waals surface area contributed by atoms with Crippen molar-refractivity contribution >= 4 is 23.2 Å². The molecule has 0 unspecified atom stereocenters. The summed E-state index contributed by atoms with van der Waals surface area (Å²) in [5, 5.41) is 13.6. The lowest BCUT2D eigenvalue weighted by Crippen LogP contribution is -2.13. The number of rotatable bonds is 6. The van der Waals surface area contributed by atoms with Crippen molar-refractivity contribution in [3.63, 3.8) is 0 Å². The molecule has 3 aromatic rings. The molecular weight excluding hydrogens is 351 g/mol. The average molecular weight is 368 g/mol. The minimum atomic E-state index is -0.486. The number of aromatic nitrogens is 2. The Balaban J connectivity index is 1.71. The summed E-state index contributed by atoms with van der Waals surface area (Å²) in [5.41, 5.74) is 0.850. The van der Waals surface area contributed by atoms with Crippen molar-refractivity contribution in [2.45, 2.75) is 0 Å². The van der Waals surface area contributed by atoms with E-state index >= 15 is 0 Å². The Bertz CT molecular complexity index is 948. The average Bonchev–Trinajstić information content (AvgIpc) is 2.69. The molecule has 3 rings (SSSR count). The van der Waals surface area contributed by atoms with E-state index < -0.39 is 11.7 Å². The van der Waals surface area contributed by atoms with Gasteiger partial charge in [0.15, 0.2) is 11.6 Å². The molecule has 0 aliphatic carbocycles. The highest BCUT2D eigenvalue weighted by Gasteiger charge is 2.10. The van der Waals surface area contributed by atoms with E-state index in [0.717, 1.165) is 6.07 Å². The van der Waals surface area contributed by atoms with Crippen molar-refractivity contribution in [1.29, 1.82) is 0 Å². The summed E-state index contributed by atoms with van der Waals surface area (Å²) in [4.78, 5) is 12.1. The van der Waals surface area contributed by atoms with E-state index in [2.05, 4.69) is 20.8 Å². The first kappa shape index (κ1) is 18.1. The Labute approximate surface area is 155 Å². The Hall–Kier alpha value is -3.68. The molecule has 7 nitrogen and oxygen atoms in total. The van der Waals surface area contributed by atoms with Gasteiger partial charge in [-0.3, -0.25) is 4.79 Å². The van der Waals surface area contributed by atoms with Crippen LogP contribution in [0, 0.1) is 5.82 Å². The minimum absolute atomic E-state index is 0.195. The monoisotopic (exact) mass is 368 g/mol. The zero-order valence-electron chi connectivity index (χ0n) is 14.7. The van der Waals surface area contributed by atoms with Gasteiger partial charge in [-0.25, -0.2) is 4.39 Å². The number of halogens is 1. The predicted octanol–water partition coefficient (Wildman–Crippen LogP) is 3.63. The number of methoxy groups -OCH3 is 2. The van der Waals surface area contributed by atoms with Crippen molar-refractivity contribution in [1.82, 2.24) is 10.2 Å². The number of carbonyl (C=O) groups excluding carboxylic acids is 1. The minimum Gasteiger partial charge on any atom is -0.497 e. The highest BCUT2D eigenvalue weighted by atomic mass is 19.1. The molecule has 0 bridgehead atoms. The summed E-state index contributed by atoms with van der Waals surface area (Å²) in [6, 6.07) is 13.9. The van der Waals surface area contributed by atoms with E-state index in [-0.39, 0.29) is 11.4 Å². The van der Waals surface area contributed by atoms with Crippen LogP contribution in [-0.4, -0.2) is 30.3 Å². The molecule has 2 aromatic carbocycles. The van der Waals surface area contributed by atoms with Crippen molar-refractivity contribution < 1.29 is 18.7 Å². The van der Waals surface area contributed by atoms with E-state index in [4.69, 9.17) is 9.47 Å². The lowest BCUT2D eigenvalue weighted by Gasteiger charge is -2.12. The zero-order chi connectivity index (χ0) is 19.2. The van der Waals surface area contributed by atoms with Gasteiger partial charge in [-0.05, 0) is 42.5 Å². The van der Waals surface area contributed by atoms with Gasteiger partial charge in [0.1, 0.15) is 17.3 Å². The second-order valence-electron chi connectivity index (χ2n) is 5.46. The third kappa shape index (κ3) is 4.49. The number of anilines is 3. The van der Waals surface area contributed by atoms with Crippen LogP contribution in [0.4, 0.5) is 21.7 Å². The van der Waals surface area contributed by atoms with E-state index in [1.165, 1.54) is 18.2 Å². The maximum Gasteiger partial charge on any atom is 0.256 e. The Morgan fingerprint density at radius 1 is 0.963 bits per heavy atom. The largest absolute Gasteiger partial charge is 0.497 e. The van der Waals surface area contributed by atoms with Crippen molar-refractivity contribution in [3.05, 3.63) is 66.0 Å². The lowest BCUT2D eigenvalue weighted by atomic mass is 10.2. The summed E-state index contributed by atoms with van der Waals surface area (Å²) in [6.07, 6.45) is 0. The van der Waals surface area contributed by atoms with E-state index in [0.29, 0.717) is 23.0 Å². The van der Waals surface area contributed by atoms with Gasteiger partial charge < -0.3 is 20.1 Å². The van der Waals surface area contributed by atoms with Crippen LogP contribution in [-0.2, 0) is 0 Å². The molecule has 0 spiro atoms. The Kier molecular flexibility index (Phi) is 5.46. The molecule has 0 radical (unpaired) electrons. The summed E-state index contributed by atoms with van der Waals surface area (Å²) in [5.74, 6) is 1.00. The number of carbonyl (C=O) groups is 1. The van der Waals surface area contributed by atoms with Gasteiger partial charge in [-0.1, -0.05) is 6.07 Å². The number of benzene rings is 2. The number of nitrogens with one attached hydrogen (secondary N) is 2. The fourth-order valence-corrected chi connectivity index (χ4v) is 2.33. The predicted molar refractivity (Wildman–Crippen MR) is 99.2 cm³/mol. The summed E-state index contributed by atoms with van der Waals surface area (Å²) < 4.78 is 23.7. The van der Waals surface area contributed by atoms with E-state index in [1.807, 2.05) is 0 Å². The first-order chi connectivity index (χ1) is 13.1. The van der Waals surface area contributed by atoms with Gasteiger partial charge >= 0.3 is 0 Å². The van der Waals surface area contributed by atoms with Gasteiger partial charge in [0.25, 0.3) is 5.91 Å². The fraction of sp³-hybridized carbons (Fsp3) is 0.105. The van der Waals surface area contributed by atoms with Gasteiger partial charge in [0.05, 0.1) is 19.9 Å². The molecule has 0 saturated carbocycles. The number of nitrogens with zero attached hydrogens (tertiary/aromatic N) is 2. The number of hydrogen-bond donors (Lipinski definition) is 2. The van der Waals surface area contributed by atoms with Crippen LogP contribution in [0.15, 0.2) is 54.6 Å². The van der Waals surface area contributed by atoms with Crippen molar-refractivity contribution in [2.75, 3.05) is 24.9 Å². The molecule has 0 saturated heterocycles. The summed E-state index contributed by atoms with van der Waals surface area (Å²) in [6.45, 7) is 0. The van der Waals surface area contributed by atoms with Crippen molar-refractivity contribution in [3.8, 4) is 11.5 Å². The zero-order valence-corrected chi connectivity index (χ0v) is 14.7. The third-order valence-corrected chi connectivity index (χ3v) is 3.66. The normalized spacial score (nSPS) is 10.2. The van der Waals surface area contributed by atoms with Crippen LogP contribution < -0.4 is 20.1 Å².